The minimum Gasteiger partial charge on any atom is -0.396 e. The second kappa shape index (κ2) is 9.82. The Labute approximate surface area is 188 Å². The lowest BCUT2D eigenvalue weighted by Crippen LogP contribution is -2.40. The third kappa shape index (κ3) is 4.60. The van der Waals surface area contributed by atoms with Crippen molar-refractivity contribution in [3.63, 3.8) is 0 Å². The van der Waals surface area contributed by atoms with Gasteiger partial charge in [0.2, 0.25) is 5.91 Å². The number of hydrogen-bond donors (Lipinski definition) is 3. The monoisotopic (exact) mass is 434 g/mol. The van der Waals surface area contributed by atoms with Crippen molar-refractivity contribution in [3.05, 3.63) is 54.7 Å². The van der Waals surface area contributed by atoms with Crippen LogP contribution in [0.25, 0.3) is 5.65 Å². The normalized spacial score (nSPS) is 16.2. The van der Waals surface area contributed by atoms with Gasteiger partial charge in [0.15, 0.2) is 5.65 Å². The predicted molar refractivity (Wildman–Crippen MR) is 128 cm³/mol. The highest BCUT2D eigenvalue weighted by Gasteiger charge is 2.25. The van der Waals surface area contributed by atoms with Crippen LogP contribution in [0.2, 0.25) is 0 Å². The summed E-state index contributed by atoms with van der Waals surface area (Å²) in [7, 11) is 0. The zero-order valence-electron chi connectivity index (χ0n) is 18.4. The summed E-state index contributed by atoms with van der Waals surface area (Å²) in [6.45, 7) is 6.69. The van der Waals surface area contributed by atoms with Crippen LogP contribution in [0.15, 0.2) is 49.2 Å². The van der Waals surface area contributed by atoms with E-state index >= 15 is 0 Å². The fourth-order valence-corrected chi connectivity index (χ4v) is 4.25. The van der Waals surface area contributed by atoms with Crippen LogP contribution in [0.1, 0.15) is 38.2 Å². The van der Waals surface area contributed by atoms with Gasteiger partial charge in [0.25, 0.3) is 0 Å². The van der Waals surface area contributed by atoms with Crippen LogP contribution in [-0.4, -0.2) is 44.8 Å². The summed E-state index contributed by atoms with van der Waals surface area (Å²) in [6.07, 6.45) is 8.02. The minimum absolute atomic E-state index is 0.171. The van der Waals surface area contributed by atoms with E-state index < -0.39 is 0 Å². The van der Waals surface area contributed by atoms with Gasteiger partial charge in [0.05, 0.1) is 6.20 Å². The molecule has 0 aliphatic carbocycles. The van der Waals surface area contributed by atoms with Gasteiger partial charge in [-0.1, -0.05) is 19.6 Å². The minimum atomic E-state index is -0.254. The zero-order chi connectivity index (χ0) is 22.5. The number of benzene rings is 1. The van der Waals surface area contributed by atoms with Crippen LogP contribution in [0.5, 0.6) is 0 Å². The van der Waals surface area contributed by atoms with Gasteiger partial charge in [0, 0.05) is 42.2 Å². The molecule has 1 aliphatic rings. The number of nitrogens with one attached hydrogen (secondary N) is 2. The molecule has 1 aromatic carbocycles. The fraction of sp³-hybridized carbons (Fsp3) is 0.375. The van der Waals surface area contributed by atoms with E-state index in [0.29, 0.717) is 5.69 Å². The smallest absolute Gasteiger partial charge is 0.247 e. The lowest BCUT2D eigenvalue weighted by Gasteiger charge is -2.36. The maximum Gasteiger partial charge on any atom is 0.247 e. The number of fused-ring (bicyclic) bond motifs is 1. The average Bonchev–Trinajstić information content (AvgIpc) is 3.23. The third-order valence-corrected chi connectivity index (χ3v) is 5.88. The summed E-state index contributed by atoms with van der Waals surface area (Å²) < 4.78 is 1.82. The van der Waals surface area contributed by atoms with E-state index in [9.17, 15) is 9.90 Å². The molecule has 3 heterocycles. The summed E-state index contributed by atoms with van der Waals surface area (Å²) >= 11 is 0. The highest BCUT2D eigenvalue weighted by Crippen LogP contribution is 2.30. The van der Waals surface area contributed by atoms with Gasteiger partial charge in [-0.2, -0.15) is 9.61 Å². The van der Waals surface area contributed by atoms with Crippen molar-refractivity contribution in [2.75, 3.05) is 28.7 Å². The number of hydrogen-bond acceptors (Lipinski definition) is 6. The number of anilines is 4. The molecule has 168 valence electrons. The summed E-state index contributed by atoms with van der Waals surface area (Å²) in [6, 6.07) is 9.81. The Morgan fingerprint density at radius 3 is 2.94 bits per heavy atom. The molecule has 0 spiro atoms. The van der Waals surface area contributed by atoms with E-state index in [1.807, 2.05) is 41.0 Å². The van der Waals surface area contributed by atoms with Gasteiger partial charge in [-0.05, 0) is 56.4 Å². The Bertz CT molecular complexity index is 1110. The lowest BCUT2D eigenvalue weighted by atomic mass is 9.99. The molecule has 0 radical (unpaired) electrons. The maximum absolute atomic E-state index is 11.7. The van der Waals surface area contributed by atoms with Crippen molar-refractivity contribution >= 4 is 34.6 Å². The number of nitrogens with zero attached hydrogens (tertiary/aromatic N) is 4. The number of aryl methyl sites for hydroxylation is 1. The largest absolute Gasteiger partial charge is 0.396 e. The van der Waals surface area contributed by atoms with E-state index in [0.717, 1.165) is 60.8 Å². The topological polar surface area (TPSA) is 94.8 Å². The van der Waals surface area contributed by atoms with Gasteiger partial charge in [-0.3, -0.25) is 4.79 Å². The van der Waals surface area contributed by atoms with Gasteiger partial charge in [0.1, 0.15) is 11.6 Å². The first-order valence-electron chi connectivity index (χ1n) is 11.2. The number of aliphatic hydroxyl groups excluding tert-OH is 1. The van der Waals surface area contributed by atoms with Gasteiger partial charge >= 0.3 is 0 Å². The molecule has 2 aromatic heterocycles. The van der Waals surface area contributed by atoms with Crippen LogP contribution in [-0.2, 0) is 11.2 Å². The SMILES string of the molecule is C=CC(=O)Nc1cccc(Nc2cc(N3CCCC[C@@H]3CCO)nc3c(CC)cnn23)c1. The van der Waals surface area contributed by atoms with Crippen molar-refractivity contribution in [3.8, 4) is 0 Å². The number of aromatic nitrogens is 3. The Morgan fingerprint density at radius 2 is 2.16 bits per heavy atom. The van der Waals surface area contributed by atoms with Crippen molar-refractivity contribution in [2.24, 2.45) is 0 Å². The summed E-state index contributed by atoms with van der Waals surface area (Å²) in [4.78, 5) is 19.0. The summed E-state index contributed by atoms with van der Waals surface area (Å²) in [5, 5.41) is 20.3. The molecule has 1 aliphatic heterocycles. The zero-order valence-corrected chi connectivity index (χ0v) is 18.4. The first kappa shape index (κ1) is 21.8. The molecular weight excluding hydrogens is 404 g/mol. The van der Waals surface area contributed by atoms with Crippen molar-refractivity contribution in [1.82, 2.24) is 14.6 Å². The average molecular weight is 435 g/mol. The number of amides is 1. The molecule has 8 heteroatoms. The van der Waals surface area contributed by atoms with Crippen molar-refractivity contribution in [1.29, 1.82) is 0 Å². The predicted octanol–water partition coefficient (Wildman–Crippen LogP) is 3.90. The molecule has 8 nitrogen and oxygen atoms in total. The molecular formula is C24H30N6O2. The van der Waals surface area contributed by atoms with Crippen LogP contribution in [0, 0.1) is 0 Å². The molecule has 3 N–H and O–H groups in total. The highest BCUT2D eigenvalue weighted by atomic mass is 16.3. The first-order chi connectivity index (χ1) is 15.6. The van der Waals surface area contributed by atoms with E-state index in [2.05, 4.69) is 34.1 Å². The van der Waals surface area contributed by atoms with Crippen LogP contribution in [0.3, 0.4) is 0 Å². The van der Waals surface area contributed by atoms with Crippen molar-refractivity contribution in [2.45, 2.75) is 45.1 Å². The lowest BCUT2D eigenvalue weighted by molar-refractivity contribution is -0.111. The Morgan fingerprint density at radius 1 is 1.31 bits per heavy atom. The molecule has 32 heavy (non-hydrogen) atoms. The van der Waals surface area contributed by atoms with E-state index in [1.165, 1.54) is 12.5 Å². The third-order valence-electron chi connectivity index (χ3n) is 5.88. The number of piperidine rings is 1. The molecule has 1 amide bonds. The molecule has 1 saturated heterocycles. The van der Waals surface area contributed by atoms with Crippen molar-refractivity contribution < 1.29 is 9.90 Å². The number of carbonyl (C=O) groups is 1. The fourth-order valence-electron chi connectivity index (χ4n) is 4.25. The highest BCUT2D eigenvalue weighted by molar-refractivity contribution is 5.99. The summed E-state index contributed by atoms with van der Waals surface area (Å²) in [5.74, 6) is 1.44. The number of rotatable bonds is 8. The van der Waals surface area contributed by atoms with Crippen LogP contribution in [0.4, 0.5) is 23.0 Å². The quantitative estimate of drug-likeness (QED) is 0.466. The second-order valence-corrected chi connectivity index (χ2v) is 8.01. The molecule has 0 unspecified atom stereocenters. The molecule has 4 rings (SSSR count). The standard InChI is InChI=1S/C24H30N6O2/c1-3-17-16-25-30-22(26-18-8-7-9-19(14-18)27-23(32)4-2)15-21(28-24(17)30)29-12-6-5-10-20(29)11-13-31/h4,7-9,14-16,20,26,31H,2-3,5-6,10-13H2,1H3,(H,27,32)/t20-/m1/s1. The van der Waals surface area contributed by atoms with Gasteiger partial charge in [-0.15, -0.1) is 0 Å². The van der Waals surface area contributed by atoms with Crippen LogP contribution >= 0.6 is 0 Å². The number of aliphatic hydroxyl groups is 1. The van der Waals surface area contributed by atoms with E-state index in [-0.39, 0.29) is 18.6 Å². The Hall–Kier alpha value is -3.39. The van der Waals surface area contributed by atoms with Crippen LogP contribution < -0.4 is 15.5 Å². The maximum atomic E-state index is 11.7. The Balaban J connectivity index is 1.72. The molecule has 1 fully saturated rings. The molecule has 3 aromatic rings. The summed E-state index contributed by atoms with van der Waals surface area (Å²) in [5.41, 5.74) is 3.41. The first-order valence-corrected chi connectivity index (χ1v) is 11.2. The molecule has 0 saturated carbocycles. The number of carbonyl (C=O) groups excluding carboxylic acids is 1. The molecule has 1 atom stereocenters. The second-order valence-electron chi connectivity index (χ2n) is 8.01. The van der Waals surface area contributed by atoms with E-state index in [4.69, 9.17) is 4.98 Å². The van der Waals surface area contributed by atoms with Gasteiger partial charge < -0.3 is 20.6 Å². The molecule has 0 bridgehead atoms. The van der Waals surface area contributed by atoms with Gasteiger partial charge in [-0.25, -0.2) is 4.98 Å². The Kier molecular flexibility index (Phi) is 6.70. The van der Waals surface area contributed by atoms with E-state index in [1.54, 1.807) is 0 Å².